The first-order valence-electron chi connectivity index (χ1n) is 9.23. The van der Waals surface area contributed by atoms with Crippen molar-refractivity contribution in [2.75, 3.05) is 31.2 Å². The van der Waals surface area contributed by atoms with E-state index in [4.69, 9.17) is 4.74 Å². The molecule has 1 aromatic heterocycles. The van der Waals surface area contributed by atoms with Gasteiger partial charge in [0.1, 0.15) is 0 Å². The zero-order chi connectivity index (χ0) is 18.6. The lowest BCUT2D eigenvalue weighted by Crippen LogP contribution is -2.37. The Balaban J connectivity index is 1.67. The Bertz CT molecular complexity index is 890. The van der Waals surface area contributed by atoms with Crippen LogP contribution in [0.5, 0.6) is 0 Å². The minimum Gasteiger partial charge on any atom is -0.378 e. The highest BCUT2D eigenvalue weighted by Crippen LogP contribution is 2.41. The molecular weight excluding hydrogens is 356 g/mol. The van der Waals surface area contributed by atoms with Crippen molar-refractivity contribution in [2.24, 2.45) is 7.05 Å². The second kappa shape index (κ2) is 8.15. The molecule has 0 bridgehead atoms. The Morgan fingerprint density at radius 1 is 0.963 bits per heavy atom. The lowest BCUT2D eigenvalue weighted by Gasteiger charge is -2.27. The summed E-state index contributed by atoms with van der Waals surface area (Å²) in [4.78, 5) is 2.24. The van der Waals surface area contributed by atoms with E-state index in [-0.39, 0.29) is 5.25 Å². The van der Waals surface area contributed by atoms with Gasteiger partial charge in [0.2, 0.25) is 5.95 Å². The fraction of sp³-hybridized carbons (Fsp3) is 0.333. The number of hydrogen-bond donors (Lipinski definition) is 0. The second-order valence-electron chi connectivity index (χ2n) is 6.71. The first-order valence-corrected chi connectivity index (χ1v) is 10.1. The number of morpholine rings is 1. The Morgan fingerprint density at radius 2 is 1.67 bits per heavy atom. The van der Waals surface area contributed by atoms with E-state index in [9.17, 15) is 0 Å². The third-order valence-corrected chi connectivity index (χ3v) is 6.23. The van der Waals surface area contributed by atoms with Crippen molar-refractivity contribution >= 4 is 17.7 Å². The van der Waals surface area contributed by atoms with Crippen LogP contribution < -0.4 is 4.90 Å². The predicted octanol–water partition coefficient (Wildman–Crippen LogP) is 3.84. The molecular formula is C21H24N4OS. The summed E-state index contributed by atoms with van der Waals surface area (Å²) in [5.41, 5.74) is 3.87. The molecule has 140 valence electrons. The first-order chi connectivity index (χ1) is 13.2. The van der Waals surface area contributed by atoms with Crippen molar-refractivity contribution in [3.05, 3.63) is 71.3 Å². The maximum atomic E-state index is 5.46. The van der Waals surface area contributed by atoms with Gasteiger partial charge in [0.15, 0.2) is 5.16 Å². The topological polar surface area (TPSA) is 43.2 Å². The number of hydrogen-bond acceptors (Lipinski definition) is 5. The van der Waals surface area contributed by atoms with E-state index >= 15 is 0 Å². The summed E-state index contributed by atoms with van der Waals surface area (Å²) in [6.45, 7) is 5.37. The molecule has 27 heavy (non-hydrogen) atoms. The number of aromatic nitrogens is 3. The summed E-state index contributed by atoms with van der Waals surface area (Å²) < 4.78 is 7.56. The lowest BCUT2D eigenvalue weighted by molar-refractivity contribution is 0.121. The van der Waals surface area contributed by atoms with Crippen molar-refractivity contribution in [2.45, 2.75) is 17.3 Å². The third-order valence-electron chi connectivity index (χ3n) is 4.90. The van der Waals surface area contributed by atoms with Gasteiger partial charge in [0.05, 0.1) is 18.5 Å². The maximum Gasteiger partial charge on any atom is 0.227 e. The van der Waals surface area contributed by atoms with Gasteiger partial charge in [-0.25, -0.2) is 0 Å². The number of aryl methyl sites for hydroxylation is 1. The van der Waals surface area contributed by atoms with Crippen molar-refractivity contribution < 1.29 is 4.74 Å². The molecule has 2 heterocycles. The monoisotopic (exact) mass is 380 g/mol. The van der Waals surface area contributed by atoms with Crippen LogP contribution in [0.15, 0.2) is 59.8 Å². The molecule has 1 saturated heterocycles. The summed E-state index contributed by atoms with van der Waals surface area (Å²) in [5, 5.41) is 10.1. The van der Waals surface area contributed by atoms with Gasteiger partial charge < -0.3 is 9.64 Å². The largest absolute Gasteiger partial charge is 0.378 e. The van der Waals surface area contributed by atoms with Crippen LogP contribution in [-0.2, 0) is 11.8 Å². The van der Waals surface area contributed by atoms with Crippen LogP contribution in [-0.4, -0.2) is 41.1 Å². The van der Waals surface area contributed by atoms with Gasteiger partial charge in [-0.05, 0) is 23.6 Å². The van der Waals surface area contributed by atoms with Crippen molar-refractivity contribution in [3.63, 3.8) is 0 Å². The number of ether oxygens (including phenoxy) is 1. The summed E-state index contributed by atoms with van der Waals surface area (Å²) in [5.74, 6) is 0.914. The molecule has 0 amide bonds. The number of nitrogens with zero attached hydrogens (tertiary/aromatic N) is 4. The molecule has 3 aromatic rings. The average Bonchev–Trinajstić information content (AvgIpc) is 3.08. The zero-order valence-corrected chi connectivity index (χ0v) is 16.5. The fourth-order valence-electron chi connectivity index (χ4n) is 3.37. The van der Waals surface area contributed by atoms with Crippen LogP contribution in [0.4, 0.5) is 5.95 Å². The zero-order valence-electron chi connectivity index (χ0n) is 15.7. The quantitative estimate of drug-likeness (QED) is 0.629. The van der Waals surface area contributed by atoms with Crippen LogP contribution in [0.25, 0.3) is 0 Å². The highest BCUT2D eigenvalue weighted by atomic mass is 32.2. The van der Waals surface area contributed by atoms with E-state index < -0.39 is 0 Å². The molecule has 1 atom stereocenters. The van der Waals surface area contributed by atoms with E-state index in [0.29, 0.717) is 0 Å². The van der Waals surface area contributed by atoms with Gasteiger partial charge in [0.25, 0.3) is 0 Å². The standard InChI is InChI=1S/C21H24N4OS/c1-16-8-6-7-11-18(16)19(17-9-4-3-5-10-17)27-21-23-22-20(24(21)2)25-12-14-26-15-13-25/h3-11,19H,12-15H2,1-2H3/t19-/m1/s1. The Labute approximate surface area is 164 Å². The highest BCUT2D eigenvalue weighted by molar-refractivity contribution is 7.99. The van der Waals surface area contributed by atoms with E-state index in [1.54, 1.807) is 11.8 Å². The molecule has 0 N–H and O–H groups in total. The van der Waals surface area contributed by atoms with E-state index in [2.05, 4.69) is 81.2 Å². The second-order valence-corrected chi connectivity index (χ2v) is 7.78. The molecule has 6 heteroatoms. The summed E-state index contributed by atoms with van der Waals surface area (Å²) >= 11 is 1.75. The summed E-state index contributed by atoms with van der Waals surface area (Å²) in [7, 11) is 2.05. The van der Waals surface area contributed by atoms with Crippen molar-refractivity contribution in [1.29, 1.82) is 0 Å². The molecule has 5 nitrogen and oxygen atoms in total. The minimum atomic E-state index is 0.174. The van der Waals surface area contributed by atoms with Gasteiger partial charge >= 0.3 is 0 Å². The van der Waals surface area contributed by atoms with Gasteiger partial charge in [0, 0.05) is 20.1 Å². The number of anilines is 1. The fourth-order valence-corrected chi connectivity index (χ4v) is 4.60. The average molecular weight is 381 g/mol. The van der Waals surface area contributed by atoms with Crippen LogP contribution in [0.2, 0.25) is 0 Å². The smallest absolute Gasteiger partial charge is 0.227 e. The summed E-state index contributed by atoms with van der Waals surface area (Å²) in [6, 6.07) is 19.2. The Morgan fingerprint density at radius 3 is 2.41 bits per heavy atom. The van der Waals surface area contributed by atoms with Crippen LogP contribution >= 0.6 is 11.8 Å². The highest BCUT2D eigenvalue weighted by Gasteiger charge is 2.23. The molecule has 0 unspecified atom stereocenters. The molecule has 1 fully saturated rings. The van der Waals surface area contributed by atoms with Crippen molar-refractivity contribution in [1.82, 2.24) is 14.8 Å². The number of benzene rings is 2. The molecule has 4 rings (SSSR count). The lowest BCUT2D eigenvalue weighted by atomic mass is 10.0. The Kier molecular flexibility index (Phi) is 5.45. The molecule has 1 aliphatic heterocycles. The van der Waals surface area contributed by atoms with Crippen molar-refractivity contribution in [3.8, 4) is 0 Å². The van der Waals surface area contributed by atoms with Gasteiger partial charge in [-0.15, -0.1) is 10.2 Å². The molecule has 0 radical (unpaired) electrons. The minimum absolute atomic E-state index is 0.174. The normalized spacial score (nSPS) is 15.7. The third kappa shape index (κ3) is 3.87. The molecule has 1 aliphatic rings. The first kappa shape index (κ1) is 18.1. The molecule has 0 saturated carbocycles. The Hall–Kier alpha value is -2.31. The predicted molar refractivity (Wildman–Crippen MR) is 109 cm³/mol. The van der Waals surface area contributed by atoms with Crippen LogP contribution in [0.3, 0.4) is 0 Å². The van der Waals surface area contributed by atoms with Crippen LogP contribution in [0.1, 0.15) is 21.9 Å². The maximum absolute atomic E-state index is 5.46. The summed E-state index contributed by atoms with van der Waals surface area (Å²) in [6.07, 6.45) is 0. The van der Waals surface area contributed by atoms with E-state index in [0.717, 1.165) is 37.4 Å². The van der Waals surface area contributed by atoms with Crippen LogP contribution in [0, 0.1) is 6.92 Å². The number of rotatable bonds is 5. The van der Waals surface area contributed by atoms with Gasteiger partial charge in [-0.3, -0.25) is 4.57 Å². The SMILES string of the molecule is Cc1ccccc1[C@H](Sc1nnc(N2CCOCC2)n1C)c1ccccc1. The molecule has 0 spiro atoms. The van der Waals surface area contributed by atoms with Gasteiger partial charge in [-0.1, -0.05) is 66.4 Å². The van der Waals surface area contributed by atoms with Gasteiger partial charge in [-0.2, -0.15) is 0 Å². The van der Waals surface area contributed by atoms with E-state index in [1.807, 2.05) is 7.05 Å². The molecule has 2 aromatic carbocycles. The number of thioether (sulfide) groups is 1. The van der Waals surface area contributed by atoms with E-state index in [1.165, 1.54) is 16.7 Å². The molecule has 0 aliphatic carbocycles.